The molecule has 0 aliphatic heterocycles. The Morgan fingerprint density at radius 2 is 1.93 bits per heavy atom. The zero-order chi connectivity index (χ0) is 19.3. The fourth-order valence-corrected chi connectivity index (χ4v) is 2.62. The fraction of sp³-hybridized carbons (Fsp3) is 0.100. The van der Waals surface area contributed by atoms with Crippen molar-refractivity contribution in [3.63, 3.8) is 0 Å². The highest BCUT2D eigenvalue weighted by atomic mass is 16.5. The van der Waals surface area contributed by atoms with Gasteiger partial charge in [-0.3, -0.25) is 9.78 Å². The van der Waals surface area contributed by atoms with Crippen LogP contribution in [0.5, 0.6) is 5.75 Å². The number of nitrogens with one attached hydrogen (secondary N) is 1. The van der Waals surface area contributed by atoms with E-state index in [2.05, 4.69) is 20.4 Å². The predicted molar refractivity (Wildman–Crippen MR) is 102 cm³/mol. The maximum absolute atomic E-state index is 12.8. The van der Waals surface area contributed by atoms with Crippen molar-refractivity contribution < 1.29 is 13.9 Å². The van der Waals surface area contributed by atoms with Crippen LogP contribution in [-0.2, 0) is 6.54 Å². The standard InChI is InChI=1S/C20H17N5O3/c1-27-17-4-2-14(3-5-17)12-22-20-23-18(15-6-9-21-10-7-15)24-25(20)19(26)16-8-11-28-13-16/h2-11,13H,12H2,1H3,(H,22,23,24). The van der Waals surface area contributed by atoms with Gasteiger partial charge in [-0.2, -0.15) is 9.67 Å². The van der Waals surface area contributed by atoms with Crippen molar-refractivity contribution in [1.82, 2.24) is 19.7 Å². The second-order valence-electron chi connectivity index (χ2n) is 5.93. The number of furan rings is 1. The van der Waals surface area contributed by atoms with Gasteiger partial charge in [0.1, 0.15) is 12.0 Å². The summed E-state index contributed by atoms with van der Waals surface area (Å²) in [7, 11) is 1.62. The van der Waals surface area contributed by atoms with Crippen LogP contribution in [0.3, 0.4) is 0 Å². The Morgan fingerprint density at radius 1 is 1.14 bits per heavy atom. The minimum atomic E-state index is -0.334. The Labute approximate surface area is 160 Å². The zero-order valence-corrected chi connectivity index (χ0v) is 15.1. The molecule has 28 heavy (non-hydrogen) atoms. The third-order valence-electron chi connectivity index (χ3n) is 4.12. The number of aromatic nitrogens is 4. The molecule has 1 N–H and O–H groups in total. The minimum absolute atomic E-state index is 0.334. The molecule has 0 spiro atoms. The summed E-state index contributed by atoms with van der Waals surface area (Å²) < 4.78 is 11.4. The molecule has 0 aliphatic carbocycles. The molecule has 1 aromatic carbocycles. The molecule has 8 heteroatoms. The lowest BCUT2D eigenvalue weighted by Gasteiger charge is -2.07. The molecule has 8 nitrogen and oxygen atoms in total. The lowest BCUT2D eigenvalue weighted by atomic mass is 10.2. The van der Waals surface area contributed by atoms with E-state index in [1.807, 2.05) is 24.3 Å². The molecule has 0 atom stereocenters. The Balaban J connectivity index is 1.63. The summed E-state index contributed by atoms with van der Waals surface area (Å²) in [6, 6.07) is 12.8. The van der Waals surface area contributed by atoms with Crippen LogP contribution in [-0.4, -0.2) is 32.8 Å². The van der Waals surface area contributed by atoms with Crippen LogP contribution < -0.4 is 10.1 Å². The highest BCUT2D eigenvalue weighted by molar-refractivity contribution is 5.96. The van der Waals surface area contributed by atoms with E-state index in [0.717, 1.165) is 16.9 Å². The van der Waals surface area contributed by atoms with Gasteiger partial charge < -0.3 is 14.5 Å². The molecular weight excluding hydrogens is 358 g/mol. The predicted octanol–water partition coefficient (Wildman–Crippen LogP) is 3.24. The molecule has 0 amide bonds. The number of nitrogens with zero attached hydrogens (tertiary/aromatic N) is 4. The first-order valence-corrected chi connectivity index (χ1v) is 8.56. The lowest BCUT2D eigenvalue weighted by molar-refractivity contribution is 0.0947. The Hall–Kier alpha value is -3.94. The summed E-state index contributed by atoms with van der Waals surface area (Å²) in [5.74, 6) is 1.21. The summed E-state index contributed by atoms with van der Waals surface area (Å²) in [5, 5.41) is 7.56. The Morgan fingerprint density at radius 3 is 2.61 bits per heavy atom. The quantitative estimate of drug-likeness (QED) is 0.553. The number of ether oxygens (including phenoxy) is 1. The van der Waals surface area contributed by atoms with Crippen LogP contribution in [0.4, 0.5) is 5.95 Å². The summed E-state index contributed by atoms with van der Waals surface area (Å²) in [6.07, 6.45) is 6.12. The van der Waals surface area contributed by atoms with E-state index in [0.29, 0.717) is 23.9 Å². The van der Waals surface area contributed by atoms with Crippen molar-refractivity contribution in [2.24, 2.45) is 0 Å². The molecule has 3 heterocycles. The van der Waals surface area contributed by atoms with E-state index in [-0.39, 0.29) is 5.91 Å². The minimum Gasteiger partial charge on any atom is -0.497 e. The molecule has 4 rings (SSSR count). The molecule has 0 fully saturated rings. The smallest absolute Gasteiger partial charge is 0.284 e. The number of hydrogen-bond donors (Lipinski definition) is 1. The van der Waals surface area contributed by atoms with E-state index in [9.17, 15) is 4.79 Å². The molecule has 0 aliphatic rings. The average molecular weight is 375 g/mol. The van der Waals surface area contributed by atoms with Crippen molar-refractivity contribution in [2.45, 2.75) is 6.54 Å². The molecule has 0 saturated carbocycles. The molecule has 4 aromatic rings. The maximum Gasteiger partial charge on any atom is 0.284 e. The third kappa shape index (κ3) is 3.61. The number of carbonyl (C=O) groups excluding carboxylic acids is 1. The van der Waals surface area contributed by atoms with Gasteiger partial charge in [-0.25, -0.2) is 0 Å². The summed E-state index contributed by atoms with van der Waals surface area (Å²) in [4.78, 5) is 21.3. The molecule has 3 aromatic heterocycles. The number of pyridine rings is 1. The SMILES string of the molecule is COc1ccc(CNc2nc(-c3ccncc3)nn2C(=O)c2ccoc2)cc1. The van der Waals surface area contributed by atoms with Crippen molar-refractivity contribution in [3.8, 4) is 17.1 Å². The first-order chi connectivity index (χ1) is 13.7. The lowest BCUT2D eigenvalue weighted by Crippen LogP contribution is -2.17. The number of methoxy groups -OCH3 is 1. The van der Waals surface area contributed by atoms with Crippen LogP contribution in [0.1, 0.15) is 15.9 Å². The van der Waals surface area contributed by atoms with Gasteiger partial charge >= 0.3 is 0 Å². The van der Waals surface area contributed by atoms with Crippen LogP contribution in [0.25, 0.3) is 11.4 Å². The summed E-state index contributed by atoms with van der Waals surface area (Å²) in [6.45, 7) is 0.469. The second-order valence-corrected chi connectivity index (χ2v) is 5.93. The third-order valence-corrected chi connectivity index (χ3v) is 4.12. The van der Waals surface area contributed by atoms with Gasteiger partial charge in [0.25, 0.3) is 5.91 Å². The van der Waals surface area contributed by atoms with Gasteiger partial charge in [0, 0.05) is 24.5 Å². The van der Waals surface area contributed by atoms with E-state index in [4.69, 9.17) is 9.15 Å². The summed E-state index contributed by atoms with van der Waals surface area (Å²) >= 11 is 0. The van der Waals surface area contributed by atoms with Gasteiger partial charge in [-0.15, -0.1) is 5.10 Å². The second kappa shape index (κ2) is 7.75. The van der Waals surface area contributed by atoms with E-state index >= 15 is 0 Å². The van der Waals surface area contributed by atoms with Crippen molar-refractivity contribution in [1.29, 1.82) is 0 Å². The number of anilines is 1. The molecule has 0 bridgehead atoms. The largest absolute Gasteiger partial charge is 0.497 e. The van der Waals surface area contributed by atoms with Gasteiger partial charge in [-0.1, -0.05) is 12.1 Å². The van der Waals surface area contributed by atoms with Crippen molar-refractivity contribution in [3.05, 3.63) is 78.5 Å². The highest BCUT2D eigenvalue weighted by Crippen LogP contribution is 2.19. The van der Waals surface area contributed by atoms with Crippen molar-refractivity contribution >= 4 is 11.9 Å². The average Bonchev–Trinajstić information content (AvgIpc) is 3.43. The Kier molecular flexibility index (Phi) is 4.83. The molecule has 0 saturated heterocycles. The van der Waals surface area contributed by atoms with Gasteiger partial charge in [0.15, 0.2) is 5.82 Å². The number of hydrogen-bond acceptors (Lipinski definition) is 7. The van der Waals surface area contributed by atoms with E-state index in [1.54, 1.807) is 37.7 Å². The monoisotopic (exact) mass is 375 g/mol. The van der Waals surface area contributed by atoms with E-state index < -0.39 is 0 Å². The number of benzene rings is 1. The summed E-state index contributed by atoms with van der Waals surface area (Å²) in [5.41, 5.74) is 2.16. The van der Waals surface area contributed by atoms with Gasteiger partial charge in [-0.05, 0) is 35.9 Å². The zero-order valence-electron chi connectivity index (χ0n) is 15.1. The van der Waals surface area contributed by atoms with Crippen molar-refractivity contribution in [2.75, 3.05) is 12.4 Å². The van der Waals surface area contributed by atoms with Crippen LogP contribution in [0.2, 0.25) is 0 Å². The fourth-order valence-electron chi connectivity index (χ4n) is 2.62. The molecular formula is C20H17N5O3. The number of rotatable bonds is 6. The van der Waals surface area contributed by atoms with Gasteiger partial charge in [0.2, 0.25) is 5.95 Å². The van der Waals surface area contributed by atoms with Crippen LogP contribution in [0.15, 0.2) is 71.8 Å². The number of carbonyl (C=O) groups is 1. The van der Waals surface area contributed by atoms with Gasteiger partial charge in [0.05, 0.1) is 18.9 Å². The molecule has 140 valence electrons. The first kappa shape index (κ1) is 17.5. The van der Waals surface area contributed by atoms with Crippen LogP contribution in [0, 0.1) is 0 Å². The molecule has 0 unspecified atom stereocenters. The highest BCUT2D eigenvalue weighted by Gasteiger charge is 2.19. The normalized spacial score (nSPS) is 10.6. The maximum atomic E-state index is 12.8. The Bertz CT molecular complexity index is 1060. The van der Waals surface area contributed by atoms with E-state index in [1.165, 1.54) is 17.2 Å². The topological polar surface area (TPSA) is 95.1 Å². The molecule has 0 radical (unpaired) electrons. The van der Waals surface area contributed by atoms with Crippen LogP contribution >= 0.6 is 0 Å². The first-order valence-electron chi connectivity index (χ1n) is 8.56.